The summed E-state index contributed by atoms with van der Waals surface area (Å²) in [5, 5.41) is 1.33. The van der Waals surface area contributed by atoms with Crippen molar-refractivity contribution in [2.75, 3.05) is 18.8 Å². The predicted octanol–water partition coefficient (Wildman–Crippen LogP) is 3.16. The predicted molar refractivity (Wildman–Crippen MR) is 111 cm³/mol. The molecule has 1 fully saturated rings. The van der Waals surface area contributed by atoms with Crippen LogP contribution in [0.25, 0.3) is 10.2 Å². The lowest BCUT2D eigenvalue weighted by Gasteiger charge is -2.35. The average molecular weight is 410 g/mol. The maximum atomic E-state index is 12.9. The molecule has 3 heterocycles. The third kappa shape index (κ3) is 4.55. The van der Waals surface area contributed by atoms with Crippen LogP contribution in [0.1, 0.15) is 39.0 Å². The number of aromatic nitrogens is 2. The van der Waals surface area contributed by atoms with E-state index >= 15 is 0 Å². The van der Waals surface area contributed by atoms with Gasteiger partial charge in [0.05, 0.1) is 23.3 Å². The van der Waals surface area contributed by atoms with Gasteiger partial charge in [-0.2, -0.15) is 0 Å². The number of aryl methyl sites for hydroxylation is 1. The minimum Gasteiger partial charge on any atom is -0.372 e. The zero-order chi connectivity index (χ0) is 19.6. The molecule has 0 N–H and O–H groups in total. The van der Waals surface area contributed by atoms with Gasteiger partial charge in [-0.1, -0.05) is 25.6 Å². The molecule has 2 aromatic heterocycles. The monoisotopic (exact) mass is 409 g/mol. The first-order chi connectivity index (χ1) is 12.9. The minimum absolute atomic E-state index is 0.00126. The summed E-state index contributed by atoms with van der Waals surface area (Å²) in [5.74, 6) is 0.354. The third-order valence-corrected chi connectivity index (χ3v) is 6.69. The van der Waals surface area contributed by atoms with Crippen molar-refractivity contribution in [1.29, 1.82) is 0 Å². The van der Waals surface area contributed by atoms with Crippen LogP contribution in [0.5, 0.6) is 0 Å². The van der Waals surface area contributed by atoms with E-state index in [1.807, 2.05) is 31.7 Å². The molecule has 148 valence electrons. The van der Waals surface area contributed by atoms with Crippen LogP contribution in [0, 0.1) is 0 Å². The number of carbonyl (C=O) groups excluding carboxylic acids is 1. The standard InChI is InChI=1S/C19H27N3O3S2/c1-5-7-22-18(24)15-8-14(6-2)27-17(15)20-19(22)26-11-16(23)21-9-12(3)25-13(4)10-21/h8,12-13H,5-7,9-11H2,1-4H3. The van der Waals surface area contributed by atoms with E-state index < -0.39 is 0 Å². The lowest BCUT2D eigenvalue weighted by molar-refractivity contribution is -0.140. The fraction of sp³-hybridized carbons (Fsp3) is 0.632. The highest BCUT2D eigenvalue weighted by molar-refractivity contribution is 7.99. The number of thiophene rings is 1. The summed E-state index contributed by atoms with van der Waals surface area (Å²) in [4.78, 5) is 34.1. The van der Waals surface area contributed by atoms with Crippen molar-refractivity contribution >= 4 is 39.2 Å². The quantitative estimate of drug-likeness (QED) is 0.542. The molecule has 1 aliphatic rings. The maximum absolute atomic E-state index is 12.9. The summed E-state index contributed by atoms with van der Waals surface area (Å²) in [6, 6.07) is 1.96. The Bertz CT molecular complexity index is 867. The first-order valence-electron chi connectivity index (χ1n) is 9.52. The summed E-state index contributed by atoms with van der Waals surface area (Å²) >= 11 is 2.93. The molecule has 0 radical (unpaired) electrons. The van der Waals surface area contributed by atoms with E-state index in [0.717, 1.165) is 22.5 Å². The van der Waals surface area contributed by atoms with Crippen molar-refractivity contribution in [1.82, 2.24) is 14.5 Å². The second kappa shape index (κ2) is 8.75. The SMILES string of the molecule is CCCn1c(SCC(=O)N2CC(C)OC(C)C2)nc2sc(CC)cc2c1=O. The van der Waals surface area contributed by atoms with Crippen molar-refractivity contribution in [3.8, 4) is 0 Å². The van der Waals surface area contributed by atoms with E-state index in [1.165, 1.54) is 11.8 Å². The smallest absolute Gasteiger partial charge is 0.262 e. The van der Waals surface area contributed by atoms with Crippen molar-refractivity contribution in [2.45, 2.75) is 64.4 Å². The molecule has 0 saturated carbocycles. The summed E-state index contributed by atoms with van der Waals surface area (Å²) in [6.07, 6.45) is 1.84. The van der Waals surface area contributed by atoms with Gasteiger partial charge < -0.3 is 9.64 Å². The van der Waals surface area contributed by atoms with E-state index in [4.69, 9.17) is 9.72 Å². The van der Waals surface area contributed by atoms with E-state index in [1.54, 1.807) is 15.9 Å². The van der Waals surface area contributed by atoms with Gasteiger partial charge in [0.25, 0.3) is 5.56 Å². The molecule has 0 bridgehead atoms. The molecule has 27 heavy (non-hydrogen) atoms. The maximum Gasteiger partial charge on any atom is 0.262 e. The van der Waals surface area contributed by atoms with Gasteiger partial charge in [0.2, 0.25) is 5.91 Å². The Balaban J connectivity index is 1.82. The summed E-state index contributed by atoms with van der Waals surface area (Å²) in [7, 11) is 0. The van der Waals surface area contributed by atoms with Gasteiger partial charge >= 0.3 is 0 Å². The third-order valence-electron chi connectivity index (χ3n) is 4.56. The number of hydrogen-bond donors (Lipinski definition) is 0. The van der Waals surface area contributed by atoms with Crippen molar-refractivity contribution < 1.29 is 9.53 Å². The molecule has 2 aromatic rings. The Hall–Kier alpha value is -1.38. The zero-order valence-electron chi connectivity index (χ0n) is 16.4. The molecule has 1 amide bonds. The van der Waals surface area contributed by atoms with Crippen LogP contribution >= 0.6 is 23.1 Å². The van der Waals surface area contributed by atoms with Crippen molar-refractivity contribution in [2.24, 2.45) is 0 Å². The number of rotatable bonds is 6. The fourth-order valence-corrected chi connectivity index (χ4v) is 5.29. The molecule has 3 rings (SSSR count). The van der Waals surface area contributed by atoms with Gasteiger partial charge in [-0.15, -0.1) is 11.3 Å². The lowest BCUT2D eigenvalue weighted by atomic mass is 10.2. The minimum atomic E-state index is 0.00126. The molecule has 2 unspecified atom stereocenters. The van der Waals surface area contributed by atoms with E-state index in [-0.39, 0.29) is 29.4 Å². The van der Waals surface area contributed by atoms with Crippen LogP contribution < -0.4 is 5.56 Å². The number of morpholine rings is 1. The Morgan fingerprint density at radius 1 is 1.33 bits per heavy atom. The molecule has 8 heteroatoms. The van der Waals surface area contributed by atoms with Crippen molar-refractivity contribution in [3.63, 3.8) is 0 Å². The largest absolute Gasteiger partial charge is 0.372 e. The van der Waals surface area contributed by atoms with Gasteiger partial charge in [0.1, 0.15) is 4.83 Å². The summed E-state index contributed by atoms with van der Waals surface area (Å²) in [6.45, 7) is 9.93. The molecular formula is C19H27N3O3S2. The molecule has 1 saturated heterocycles. The topological polar surface area (TPSA) is 64.4 Å². The summed E-state index contributed by atoms with van der Waals surface area (Å²) < 4.78 is 7.42. The van der Waals surface area contributed by atoms with Crippen LogP contribution in [0.3, 0.4) is 0 Å². The highest BCUT2D eigenvalue weighted by Gasteiger charge is 2.26. The number of carbonyl (C=O) groups is 1. The Kier molecular flexibility index (Phi) is 6.60. The van der Waals surface area contributed by atoms with Crippen LogP contribution in [0.2, 0.25) is 0 Å². The number of fused-ring (bicyclic) bond motifs is 1. The van der Waals surface area contributed by atoms with Crippen LogP contribution in [0.4, 0.5) is 0 Å². The Morgan fingerprint density at radius 2 is 2.04 bits per heavy atom. The van der Waals surface area contributed by atoms with Crippen LogP contribution in [-0.2, 0) is 22.5 Å². The summed E-state index contributed by atoms with van der Waals surface area (Å²) in [5.41, 5.74) is 0.00126. The zero-order valence-corrected chi connectivity index (χ0v) is 18.0. The molecule has 2 atom stereocenters. The van der Waals surface area contributed by atoms with E-state index in [2.05, 4.69) is 6.92 Å². The molecule has 0 spiro atoms. The molecule has 1 aliphatic heterocycles. The molecular weight excluding hydrogens is 382 g/mol. The first kappa shape index (κ1) is 20.4. The second-order valence-electron chi connectivity index (χ2n) is 6.98. The van der Waals surface area contributed by atoms with Crippen molar-refractivity contribution in [3.05, 3.63) is 21.3 Å². The molecule has 0 aliphatic carbocycles. The van der Waals surface area contributed by atoms with Gasteiger partial charge in [0.15, 0.2) is 5.16 Å². The van der Waals surface area contributed by atoms with Crippen LogP contribution in [-0.4, -0.2) is 51.4 Å². The molecule has 0 aromatic carbocycles. The number of hydrogen-bond acceptors (Lipinski definition) is 6. The van der Waals surface area contributed by atoms with Gasteiger partial charge in [0, 0.05) is 24.5 Å². The van der Waals surface area contributed by atoms with Gasteiger partial charge in [-0.25, -0.2) is 4.98 Å². The number of amides is 1. The Labute approximate surface area is 167 Å². The van der Waals surface area contributed by atoms with Gasteiger partial charge in [-0.05, 0) is 32.8 Å². The fourth-order valence-electron chi connectivity index (χ4n) is 3.35. The Morgan fingerprint density at radius 3 is 2.67 bits per heavy atom. The number of nitrogens with zero attached hydrogens (tertiary/aromatic N) is 3. The lowest BCUT2D eigenvalue weighted by Crippen LogP contribution is -2.48. The van der Waals surface area contributed by atoms with E-state index in [0.29, 0.717) is 30.2 Å². The highest BCUT2D eigenvalue weighted by atomic mass is 32.2. The van der Waals surface area contributed by atoms with Gasteiger partial charge in [-0.3, -0.25) is 14.2 Å². The normalized spacial score (nSPS) is 20.4. The highest BCUT2D eigenvalue weighted by Crippen LogP contribution is 2.25. The first-order valence-corrected chi connectivity index (χ1v) is 11.3. The average Bonchev–Trinajstić information content (AvgIpc) is 3.05. The number of thioether (sulfide) groups is 1. The second-order valence-corrected chi connectivity index (χ2v) is 9.04. The van der Waals surface area contributed by atoms with Crippen LogP contribution in [0.15, 0.2) is 16.0 Å². The van der Waals surface area contributed by atoms with E-state index in [9.17, 15) is 9.59 Å². The molecule has 6 nitrogen and oxygen atoms in total. The number of ether oxygens (including phenoxy) is 1.